The second-order valence-corrected chi connectivity index (χ2v) is 6.87. The van der Waals surface area contributed by atoms with Gasteiger partial charge in [-0.05, 0) is 36.6 Å². The SMILES string of the molecule is Fc1cccc(C(NCc2cn(C3CC3)nn2)c2ccc(Cl)cc2)c1F. The molecule has 1 aromatic heterocycles. The first-order valence-electron chi connectivity index (χ1n) is 8.45. The molecule has 1 atom stereocenters. The van der Waals surface area contributed by atoms with E-state index in [-0.39, 0.29) is 5.56 Å². The molecule has 0 saturated heterocycles. The minimum atomic E-state index is -0.872. The van der Waals surface area contributed by atoms with E-state index in [1.54, 1.807) is 30.3 Å². The van der Waals surface area contributed by atoms with Crippen molar-refractivity contribution in [2.75, 3.05) is 0 Å². The number of hydrogen-bond donors (Lipinski definition) is 1. The molecule has 1 saturated carbocycles. The molecule has 1 heterocycles. The van der Waals surface area contributed by atoms with Crippen LogP contribution in [0.4, 0.5) is 8.78 Å². The van der Waals surface area contributed by atoms with Crippen molar-refractivity contribution in [2.45, 2.75) is 31.5 Å². The number of rotatable bonds is 6. The molecule has 0 spiro atoms. The van der Waals surface area contributed by atoms with Crippen LogP contribution in [0.2, 0.25) is 5.02 Å². The van der Waals surface area contributed by atoms with Crippen molar-refractivity contribution in [3.05, 3.63) is 82.1 Å². The van der Waals surface area contributed by atoms with E-state index in [4.69, 9.17) is 11.6 Å². The van der Waals surface area contributed by atoms with Crippen LogP contribution in [0.3, 0.4) is 0 Å². The highest BCUT2D eigenvalue weighted by Gasteiger charge is 2.25. The third kappa shape index (κ3) is 3.61. The Morgan fingerprint density at radius 3 is 2.65 bits per heavy atom. The highest BCUT2D eigenvalue weighted by Crippen LogP contribution is 2.33. The number of benzene rings is 2. The maximum Gasteiger partial charge on any atom is 0.163 e. The van der Waals surface area contributed by atoms with Gasteiger partial charge in [-0.1, -0.05) is 41.1 Å². The van der Waals surface area contributed by atoms with Crippen molar-refractivity contribution < 1.29 is 8.78 Å². The normalized spacial score (nSPS) is 15.2. The molecule has 1 aliphatic rings. The largest absolute Gasteiger partial charge is 0.300 e. The summed E-state index contributed by atoms with van der Waals surface area (Å²) in [4.78, 5) is 0. The van der Waals surface area contributed by atoms with Gasteiger partial charge in [-0.25, -0.2) is 13.5 Å². The number of hydrogen-bond acceptors (Lipinski definition) is 3. The van der Waals surface area contributed by atoms with Crippen LogP contribution in [0.1, 0.15) is 41.7 Å². The van der Waals surface area contributed by atoms with Crippen LogP contribution in [0.15, 0.2) is 48.7 Å². The summed E-state index contributed by atoms with van der Waals surface area (Å²) in [7, 11) is 0. The first kappa shape index (κ1) is 17.1. The van der Waals surface area contributed by atoms with E-state index in [9.17, 15) is 8.78 Å². The summed E-state index contributed by atoms with van der Waals surface area (Å²) in [5.41, 5.74) is 1.78. The van der Waals surface area contributed by atoms with Gasteiger partial charge in [0.05, 0.1) is 24.0 Å². The molecule has 26 heavy (non-hydrogen) atoms. The Hall–Kier alpha value is -2.31. The summed E-state index contributed by atoms with van der Waals surface area (Å²) >= 11 is 5.95. The zero-order chi connectivity index (χ0) is 18.1. The number of nitrogens with zero attached hydrogens (tertiary/aromatic N) is 3. The van der Waals surface area contributed by atoms with Gasteiger partial charge >= 0.3 is 0 Å². The average molecular weight is 375 g/mol. The molecule has 0 aliphatic heterocycles. The Balaban J connectivity index is 1.61. The lowest BCUT2D eigenvalue weighted by atomic mass is 9.98. The molecule has 0 amide bonds. The van der Waals surface area contributed by atoms with Gasteiger partial charge in [-0.2, -0.15) is 0 Å². The van der Waals surface area contributed by atoms with Gasteiger partial charge in [-0.15, -0.1) is 5.10 Å². The predicted octanol–water partition coefficient (Wildman–Crippen LogP) is 4.42. The molecule has 4 nitrogen and oxygen atoms in total. The monoisotopic (exact) mass is 374 g/mol. The van der Waals surface area contributed by atoms with Crippen LogP contribution in [-0.2, 0) is 6.54 Å². The van der Waals surface area contributed by atoms with E-state index in [2.05, 4.69) is 15.6 Å². The van der Waals surface area contributed by atoms with E-state index >= 15 is 0 Å². The third-order valence-corrected chi connectivity index (χ3v) is 4.71. The number of halogens is 3. The van der Waals surface area contributed by atoms with Crippen LogP contribution < -0.4 is 5.32 Å². The molecule has 4 rings (SSSR count). The molecule has 2 aromatic carbocycles. The van der Waals surface area contributed by atoms with E-state index in [1.165, 1.54) is 6.07 Å². The van der Waals surface area contributed by atoms with Gasteiger partial charge in [0.2, 0.25) is 0 Å². The minimum absolute atomic E-state index is 0.238. The summed E-state index contributed by atoms with van der Waals surface area (Å²) in [6, 6.07) is 11.2. The van der Waals surface area contributed by atoms with E-state index < -0.39 is 17.7 Å². The molecule has 0 bridgehead atoms. The average Bonchev–Trinajstić information content (AvgIpc) is 3.39. The fourth-order valence-corrected chi connectivity index (χ4v) is 3.05. The van der Waals surface area contributed by atoms with E-state index in [1.807, 2.05) is 10.9 Å². The van der Waals surface area contributed by atoms with Crippen LogP contribution >= 0.6 is 11.6 Å². The quantitative estimate of drug-likeness (QED) is 0.694. The molecule has 3 aromatic rings. The van der Waals surface area contributed by atoms with Gasteiger partial charge in [0.15, 0.2) is 11.6 Å². The van der Waals surface area contributed by atoms with Crippen LogP contribution in [0.25, 0.3) is 0 Å². The summed E-state index contributed by atoms with van der Waals surface area (Å²) in [6.45, 7) is 0.385. The maximum absolute atomic E-state index is 14.4. The lowest BCUT2D eigenvalue weighted by Gasteiger charge is -2.20. The first-order valence-corrected chi connectivity index (χ1v) is 8.83. The Morgan fingerprint density at radius 1 is 1.15 bits per heavy atom. The van der Waals surface area contributed by atoms with Crippen molar-refractivity contribution in [1.82, 2.24) is 20.3 Å². The van der Waals surface area contributed by atoms with Crippen molar-refractivity contribution in [2.24, 2.45) is 0 Å². The first-order chi connectivity index (χ1) is 12.6. The number of aromatic nitrogens is 3. The zero-order valence-corrected chi connectivity index (χ0v) is 14.6. The zero-order valence-electron chi connectivity index (χ0n) is 13.9. The standard InChI is InChI=1S/C19H17ClF2N4/c20-13-6-4-12(5-7-13)19(16-2-1-3-17(21)18(16)22)23-10-14-11-26(25-24-14)15-8-9-15/h1-7,11,15,19,23H,8-10H2. The van der Waals surface area contributed by atoms with Gasteiger partial charge in [0.25, 0.3) is 0 Å². The number of nitrogens with one attached hydrogen (secondary N) is 1. The second kappa shape index (κ2) is 7.13. The topological polar surface area (TPSA) is 42.7 Å². The Kier molecular flexibility index (Phi) is 4.70. The molecule has 0 radical (unpaired) electrons. The summed E-state index contributed by atoms with van der Waals surface area (Å²) in [6.07, 6.45) is 4.14. The van der Waals surface area contributed by atoms with E-state index in [0.29, 0.717) is 17.6 Å². The molecular formula is C19H17ClF2N4. The predicted molar refractivity (Wildman–Crippen MR) is 94.8 cm³/mol. The van der Waals surface area contributed by atoms with Crippen LogP contribution in [-0.4, -0.2) is 15.0 Å². The lowest BCUT2D eigenvalue weighted by Crippen LogP contribution is -2.23. The van der Waals surface area contributed by atoms with E-state index in [0.717, 1.165) is 30.2 Å². The molecule has 1 aliphatic carbocycles. The van der Waals surface area contributed by atoms with Gasteiger partial charge in [-0.3, -0.25) is 0 Å². The lowest BCUT2D eigenvalue weighted by molar-refractivity contribution is 0.479. The van der Waals surface area contributed by atoms with Crippen LogP contribution in [0, 0.1) is 11.6 Å². The van der Waals surface area contributed by atoms with Crippen molar-refractivity contribution in [1.29, 1.82) is 0 Å². The molecule has 1 fully saturated rings. The summed E-state index contributed by atoms with van der Waals surface area (Å²) < 4.78 is 30.0. The molecular weight excluding hydrogens is 358 g/mol. The molecule has 1 N–H and O–H groups in total. The molecule has 7 heteroatoms. The van der Waals surface area contributed by atoms with Gasteiger partial charge in [0, 0.05) is 17.1 Å². The van der Waals surface area contributed by atoms with Crippen LogP contribution in [0.5, 0.6) is 0 Å². The Labute approximate surface area is 154 Å². The minimum Gasteiger partial charge on any atom is -0.300 e. The summed E-state index contributed by atoms with van der Waals surface area (Å²) in [5.74, 6) is -1.73. The second-order valence-electron chi connectivity index (χ2n) is 6.43. The van der Waals surface area contributed by atoms with Crippen molar-refractivity contribution in [3.8, 4) is 0 Å². The highest BCUT2D eigenvalue weighted by atomic mass is 35.5. The van der Waals surface area contributed by atoms with Crippen molar-refractivity contribution >= 4 is 11.6 Å². The fourth-order valence-electron chi connectivity index (χ4n) is 2.92. The Morgan fingerprint density at radius 2 is 1.92 bits per heavy atom. The molecule has 134 valence electrons. The van der Waals surface area contributed by atoms with Crippen molar-refractivity contribution in [3.63, 3.8) is 0 Å². The third-order valence-electron chi connectivity index (χ3n) is 4.46. The van der Waals surface area contributed by atoms with Gasteiger partial charge in [0.1, 0.15) is 0 Å². The maximum atomic E-state index is 14.4. The smallest absolute Gasteiger partial charge is 0.163 e. The highest BCUT2D eigenvalue weighted by molar-refractivity contribution is 6.30. The molecule has 1 unspecified atom stereocenters. The van der Waals surface area contributed by atoms with Gasteiger partial charge < -0.3 is 5.32 Å². The Bertz CT molecular complexity index is 906. The summed E-state index contributed by atoms with van der Waals surface area (Å²) in [5, 5.41) is 12.1. The fraction of sp³-hybridized carbons (Fsp3) is 0.263.